The lowest BCUT2D eigenvalue weighted by molar-refractivity contribution is -0.117. The van der Waals surface area contributed by atoms with Gasteiger partial charge < -0.3 is 15.4 Å². The molecule has 5 heteroatoms. The fourth-order valence-electron chi connectivity index (χ4n) is 4.95. The SMILES string of the molecule is O=C(CC1CC2CCC(C1)N2)Nc1ncccc1OCC1CCCCC1. The van der Waals surface area contributed by atoms with Gasteiger partial charge in [-0.1, -0.05) is 19.3 Å². The molecule has 0 radical (unpaired) electrons. The molecule has 2 atom stereocenters. The number of rotatable bonds is 6. The van der Waals surface area contributed by atoms with E-state index in [1.54, 1.807) is 6.20 Å². The van der Waals surface area contributed by atoms with E-state index in [1.807, 2.05) is 12.1 Å². The maximum absolute atomic E-state index is 12.5. The monoisotopic (exact) mass is 357 g/mol. The van der Waals surface area contributed by atoms with Crippen molar-refractivity contribution in [2.45, 2.75) is 76.3 Å². The van der Waals surface area contributed by atoms with E-state index >= 15 is 0 Å². The molecule has 1 aromatic rings. The average Bonchev–Trinajstić information content (AvgIpc) is 3.00. The van der Waals surface area contributed by atoms with Crippen molar-refractivity contribution in [2.75, 3.05) is 11.9 Å². The number of pyridine rings is 1. The Morgan fingerprint density at radius 3 is 2.65 bits per heavy atom. The van der Waals surface area contributed by atoms with E-state index in [0.717, 1.165) is 19.4 Å². The summed E-state index contributed by atoms with van der Waals surface area (Å²) in [5.74, 6) is 2.47. The molecule has 0 spiro atoms. The van der Waals surface area contributed by atoms with Crippen LogP contribution in [0.1, 0.15) is 64.2 Å². The maximum Gasteiger partial charge on any atom is 0.225 e. The Kier molecular flexibility index (Phi) is 5.73. The zero-order valence-electron chi connectivity index (χ0n) is 15.6. The average molecular weight is 357 g/mol. The highest BCUT2D eigenvalue weighted by Gasteiger charge is 2.34. The Labute approximate surface area is 156 Å². The first-order valence-corrected chi connectivity index (χ1v) is 10.4. The van der Waals surface area contributed by atoms with Crippen molar-refractivity contribution in [3.63, 3.8) is 0 Å². The number of carbonyl (C=O) groups is 1. The van der Waals surface area contributed by atoms with Crippen LogP contribution >= 0.6 is 0 Å². The van der Waals surface area contributed by atoms with Crippen LogP contribution in [0.5, 0.6) is 5.75 Å². The normalized spacial score (nSPS) is 28.7. The largest absolute Gasteiger partial charge is 0.489 e. The molecule has 3 fully saturated rings. The molecule has 2 unspecified atom stereocenters. The molecular formula is C21H31N3O2. The lowest BCUT2D eigenvalue weighted by atomic mass is 9.89. The van der Waals surface area contributed by atoms with Crippen LogP contribution in [0, 0.1) is 11.8 Å². The number of piperidine rings is 1. The third-order valence-corrected chi connectivity index (χ3v) is 6.27. The standard InChI is InChI=1S/C21H31N3O2/c25-20(13-16-11-17-8-9-18(12-16)23-17)24-21-19(7-4-10-22-21)26-14-15-5-2-1-3-6-15/h4,7,10,15-18,23H,1-3,5-6,8-9,11-14H2,(H,22,24,25). The maximum atomic E-state index is 12.5. The Bertz CT molecular complexity index is 603. The van der Waals surface area contributed by atoms with E-state index in [-0.39, 0.29) is 5.91 Å². The number of hydrogen-bond acceptors (Lipinski definition) is 4. The van der Waals surface area contributed by atoms with Crippen LogP contribution in [0.3, 0.4) is 0 Å². The highest BCUT2D eigenvalue weighted by molar-refractivity contribution is 5.91. The van der Waals surface area contributed by atoms with Gasteiger partial charge in [0.2, 0.25) is 5.91 Å². The van der Waals surface area contributed by atoms with Crippen molar-refractivity contribution >= 4 is 11.7 Å². The molecule has 1 saturated carbocycles. The highest BCUT2D eigenvalue weighted by atomic mass is 16.5. The second-order valence-corrected chi connectivity index (χ2v) is 8.39. The van der Waals surface area contributed by atoms with Crippen LogP contribution in [0.2, 0.25) is 0 Å². The van der Waals surface area contributed by atoms with Gasteiger partial charge in [-0.15, -0.1) is 0 Å². The molecule has 26 heavy (non-hydrogen) atoms. The van der Waals surface area contributed by atoms with Crippen molar-refractivity contribution in [1.29, 1.82) is 0 Å². The number of fused-ring (bicyclic) bond motifs is 2. The van der Waals surface area contributed by atoms with Crippen molar-refractivity contribution in [2.24, 2.45) is 11.8 Å². The molecular weight excluding hydrogens is 326 g/mol. The summed E-state index contributed by atoms with van der Waals surface area (Å²) < 4.78 is 6.02. The molecule has 4 rings (SSSR count). The number of anilines is 1. The molecule has 142 valence electrons. The molecule has 1 amide bonds. The number of hydrogen-bond donors (Lipinski definition) is 2. The number of amides is 1. The highest BCUT2D eigenvalue weighted by Crippen LogP contribution is 2.33. The molecule has 5 nitrogen and oxygen atoms in total. The van der Waals surface area contributed by atoms with Gasteiger partial charge in [0.05, 0.1) is 6.61 Å². The summed E-state index contributed by atoms with van der Waals surface area (Å²) in [4.78, 5) is 16.9. The molecule has 2 N–H and O–H groups in total. The van der Waals surface area contributed by atoms with E-state index in [0.29, 0.717) is 41.9 Å². The van der Waals surface area contributed by atoms with Crippen LogP contribution in [0.4, 0.5) is 5.82 Å². The van der Waals surface area contributed by atoms with Gasteiger partial charge in [0.15, 0.2) is 11.6 Å². The summed E-state index contributed by atoms with van der Waals surface area (Å²) in [7, 11) is 0. The Balaban J connectivity index is 1.30. The van der Waals surface area contributed by atoms with Gasteiger partial charge in [0.25, 0.3) is 0 Å². The summed E-state index contributed by atoms with van der Waals surface area (Å²) in [6.45, 7) is 0.728. The van der Waals surface area contributed by atoms with Gasteiger partial charge in [-0.3, -0.25) is 4.79 Å². The first-order valence-electron chi connectivity index (χ1n) is 10.4. The minimum atomic E-state index is 0.0671. The molecule has 2 saturated heterocycles. The predicted octanol–water partition coefficient (Wildman–Crippen LogP) is 3.90. The Hall–Kier alpha value is -1.62. The summed E-state index contributed by atoms with van der Waals surface area (Å²) in [5.41, 5.74) is 0. The van der Waals surface area contributed by atoms with Gasteiger partial charge in [-0.05, 0) is 62.5 Å². The zero-order valence-corrected chi connectivity index (χ0v) is 15.6. The quantitative estimate of drug-likeness (QED) is 0.810. The topological polar surface area (TPSA) is 63.2 Å². The molecule has 2 bridgehead atoms. The van der Waals surface area contributed by atoms with Crippen molar-refractivity contribution in [3.05, 3.63) is 18.3 Å². The van der Waals surface area contributed by atoms with Crippen molar-refractivity contribution in [1.82, 2.24) is 10.3 Å². The van der Waals surface area contributed by atoms with Crippen molar-refractivity contribution in [3.8, 4) is 5.75 Å². The summed E-state index contributed by atoms with van der Waals surface area (Å²) in [5, 5.41) is 6.64. The third kappa shape index (κ3) is 4.56. The van der Waals surface area contributed by atoms with Gasteiger partial charge in [0, 0.05) is 24.7 Å². The van der Waals surface area contributed by atoms with E-state index in [2.05, 4.69) is 15.6 Å². The molecule has 0 aromatic carbocycles. The predicted molar refractivity (Wildman–Crippen MR) is 102 cm³/mol. The fourth-order valence-corrected chi connectivity index (χ4v) is 4.95. The van der Waals surface area contributed by atoms with Crippen LogP contribution in [-0.4, -0.2) is 29.6 Å². The minimum Gasteiger partial charge on any atom is -0.489 e. The van der Waals surface area contributed by atoms with E-state index in [1.165, 1.54) is 44.9 Å². The summed E-state index contributed by atoms with van der Waals surface area (Å²) in [6, 6.07) is 5.03. The number of aromatic nitrogens is 1. The van der Waals surface area contributed by atoms with Crippen molar-refractivity contribution < 1.29 is 9.53 Å². The lowest BCUT2D eigenvalue weighted by Gasteiger charge is -2.28. The zero-order chi connectivity index (χ0) is 17.8. The molecule has 1 aliphatic carbocycles. The van der Waals surface area contributed by atoms with Gasteiger partial charge in [-0.2, -0.15) is 0 Å². The number of ether oxygens (including phenoxy) is 1. The first-order chi connectivity index (χ1) is 12.8. The fraction of sp³-hybridized carbons (Fsp3) is 0.714. The number of carbonyl (C=O) groups excluding carboxylic acids is 1. The smallest absolute Gasteiger partial charge is 0.225 e. The number of nitrogens with one attached hydrogen (secondary N) is 2. The van der Waals surface area contributed by atoms with E-state index in [9.17, 15) is 4.79 Å². The van der Waals surface area contributed by atoms with Gasteiger partial charge in [-0.25, -0.2) is 4.98 Å². The summed E-state index contributed by atoms with van der Waals surface area (Å²) >= 11 is 0. The second-order valence-electron chi connectivity index (χ2n) is 8.39. The second kappa shape index (κ2) is 8.38. The van der Waals surface area contributed by atoms with Gasteiger partial charge >= 0.3 is 0 Å². The summed E-state index contributed by atoms with van der Waals surface area (Å²) in [6.07, 6.45) is 13.6. The van der Waals surface area contributed by atoms with E-state index < -0.39 is 0 Å². The Morgan fingerprint density at radius 1 is 1.12 bits per heavy atom. The molecule has 1 aromatic heterocycles. The van der Waals surface area contributed by atoms with E-state index in [4.69, 9.17) is 4.74 Å². The number of nitrogens with zero attached hydrogens (tertiary/aromatic N) is 1. The van der Waals surface area contributed by atoms with Gasteiger partial charge in [0.1, 0.15) is 0 Å². The molecule has 2 aliphatic heterocycles. The lowest BCUT2D eigenvalue weighted by Crippen LogP contribution is -2.39. The van der Waals surface area contributed by atoms with Crippen LogP contribution in [-0.2, 0) is 4.79 Å². The Morgan fingerprint density at radius 2 is 1.88 bits per heavy atom. The molecule has 3 aliphatic rings. The molecule has 3 heterocycles. The van der Waals surface area contributed by atoms with Crippen LogP contribution in [0.15, 0.2) is 18.3 Å². The van der Waals surface area contributed by atoms with Crippen LogP contribution in [0.25, 0.3) is 0 Å². The van der Waals surface area contributed by atoms with Crippen LogP contribution < -0.4 is 15.4 Å². The minimum absolute atomic E-state index is 0.0671. The first kappa shape index (κ1) is 17.8. The third-order valence-electron chi connectivity index (χ3n) is 6.27.